The molecule has 16 heavy (non-hydrogen) atoms. The third-order valence-corrected chi connectivity index (χ3v) is 2.88. The van der Waals surface area contributed by atoms with Crippen molar-refractivity contribution in [3.05, 3.63) is 34.9 Å². The van der Waals surface area contributed by atoms with Crippen LogP contribution in [0, 0.1) is 12.8 Å². The summed E-state index contributed by atoms with van der Waals surface area (Å²) in [6.45, 7) is 7.29. The smallest absolute Gasteiger partial charge is 0.166 e. The molecule has 0 aliphatic carbocycles. The van der Waals surface area contributed by atoms with E-state index < -0.39 is 0 Å². The highest BCUT2D eigenvalue weighted by Gasteiger charge is 2.18. The van der Waals surface area contributed by atoms with Gasteiger partial charge < -0.3 is 0 Å². The fourth-order valence-corrected chi connectivity index (χ4v) is 1.62. The Hall–Kier alpha value is -1.44. The Bertz CT molecular complexity index is 419. The van der Waals surface area contributed by atoms with Crippen LogP contribution in [0.25, 0.3) is 0 Å². The van der Waals surface area contributed by atoms with E-state index in [4.69, 9.17) is 0 Å². The first-order valence-corrected chi connectivity index (χ1v) is 5.63. The van der Waals surface area contributed by atoms with Crippen LogP contribution in [-0.4, -0.2) is 11.6 Å². The van der Waals surface area contributed by atoms with Gasteiger partial charge >= 0.3 is 0 Å². The Morgan fingerprint density at radius 3 is 2.38 bits per heavy atom. The van der Waals surface area contributed by atoms with Crippen LogP contribution in [-0.2, 0) is 0 Å². The summed E-state index contributed by atoms with van der Waals surface area (Å²) in [6.07, 6.45) is 0.796. The van der Waals surface area contributed by atoms with Gasteiger partial charge in [0, 0.05) is 17.0 Å². The molecule has 0 aliphatic heterocycles. The van der Waals surface area contributed by atoms with Crippen molar-refractivity contribution in [3.8, 4) is 0 Å². The molecule has 1 aromatic carbocycles. The van der Waals surface area contributed by atoms with Gasteiger partial charge in [0.1, 0.15) is 0 Å². The van der Waals surface area contributed by atoms with E-state index >= 15 is 0 Å². The fraction of sp³-hybridized carbons (Fsp3) is 0.429. The molecule has 1 atom stereocenters. The Kier molecular flexibility index (Phi) is 3.99. The number of Topliss-reactive ketones (excluding diaryl/α,β-unsaturated/α-hetero) is 2. The average molecular weight is 218 g/mol. The molecule has 0 bridgehead atoms. The summed E-state index contributed by atoms with van der Waals surface area (Å²) in [7, 11) is 0. The van der Waals surface area contributed by atoms with E-state index in [1.807, 2.05) is 26.8 Å². The van der Waals surface area contributed by atoms with Crippen LogP contribution in [0.4, 0.5) is 0 Å². The topological polar surface area (TPSA) is 34.1 Å². The lowest BCUT2D eigenvalue weighted by Gasteiger charge is -2.11. The molecular formula is C14H18O2. The van der Waals surface area contributed by atoms with E-state index in [2.05, 4.69) is 0 Å². The SMILES string of the molecule is CC[C@@H](C)C(=O)c1ccc(C)cc1C(C)=O. The first kappa shape index (κ1) is 12.6. The third kappa shape index (κ3) is 2.57. The Morgan fingerprint density at radius 1 is 1.25 bits per heavy atom. The predicted molar refractivity (Wildman–Crippen MR) is 65.0 cm³/mol. The van der Waals surface area contributed by atoms with Gasteiger partial charge in [-0.2, -0.15) is 0 Å². The van der Waals surface area contributed by atoms with Crippen molar-refractivity contribution < 1.29 is 9.59 Å². The highest BCUT2D eigenvalue weighted by atomic mass is 16.1. The Morgan fingerprint density at radius 2 is 1.88 bits per heavy atom. The van der Waals surface area contributed by atoms with Crippen LogP contribution < -0.4 is 0 Å². The minimum absolute atomic E-state index is 0.0270. The lowest BCUT2D eigenvalue weighted by atomic mass is 9.91. The maximum absolute atomic E-state index is 12.1. The molecule has 0 heterocycles. The minimum Gasteiger partial charge on any atom is -0.294 e. The number of benzene rings is 1. The average Bonchev–Trinajstić information content (AvgIpc) is 2.26. The summed E-state index contributed by atoms with van der Waals surface area (Å²) in [4.78, 5) is 23.5. The van der Waals surface area contributed by atoms with Crippen LogP contribution in [0.3, 0.4) is 0 Å². The molecule has 2 heteroatoms. The molecular weight excluding hydrogens is 200 g/mol. The first-order chi connectivity index (χ1) is 7.47. The van der Waals surface area contributed by atoms with Crippen LogP contribution >= 0.6 is 0 Å². The highest BCUT2D eigenvalue weighted by molar-refractivity contribution is 6.08. The largest absolute Gasteiger partial charge is 0.294 e. The Balaban J connectivity index is 3.23. The number of rotatable bonds is 4. The van der Waals surface area contributed by atoms with Crippen molar-refractivity contribution in [3.63, 3.8) is 0 Å². The predicted octanol–water partition coefficient (Wildman–Crippen LogP) is 3.43. The van der Waals surface area contributed by atoms with Crippen LogP contribution in [0.5, 0.6) is 0 Å². The second-order valence-electron chi connectivity index (χ2n) is 4.28. The van der Waals surface area contributed by atoms with Crippen molar-refractivity contribution in [2.75, 3.05) is 0 Å². The zero-order valence-electron chi connectivity index (χ0n) is 10.3. The van der Waals surface area contributed by atoms with Gasteiger partial charge in [0.2, 0.25) is 0 Å². The normalized spacial score (nSPS) is 12.2. The van der Waals surface area contributed by atoms with Gasteiger partial charge in [-0.15, -0.1) is 0 Å². The summed E-state index contributed by atoms with van der Waals surface area (Å²) in [5.41, 5.74) is 2.11. The molecule has 0 amide bonds. The van der Waals surface area contributed by atoms with E-state index in [9.17, 15) is 9.59 Å². The molecule has 0 unspecified atom stereocenters. The number of hydrogen-bond donors (Lipinski definition) is 0. The Labute approximate surface area is 96.7 Å². The van der Waals surface area contributed by atoms with Gasteiger partial charge in [-0.3, -0.25) is 9.59 Å². The van der Waals surface area contributed by atoms with E-state index in [1.165, 1.54) is 6.92 Å². The number of aryl methyl sites for hydroxylation is 1. The lowest BCUT2D eigenvalue weighted by molar-refractivity contribution is 0.0916. The molecule has 2 nitrogen and oxygen atoms in total. The molecule has 0 saturated heterocycles. The van der Waals surface area contributed by atoms with Gasteiger partial charge in [0.05, 0.1) is 0 Å². The number of ketones is 2. The molecule has 0 saturated carbocycles. The van der Waals surface area contributed by atoms with E-state index in [-0.39, 0.29) is 17.5 Å². The molecule has 1 rings (SSSR count). The van der Waals surface area contributed by atoms with Crippen molar-refractivity contribution >= 4 is 11.6 Å². The van der Waals surface area contributed by atoms with E-state index in [0.717, 1.165) is 12.0 Å². The molecule has 0 aromatic heterocycles. The second-order valence-corrected chi connectivity index (χ2v) is 4.28. The molecule has 1 aromatic rings. The van der Waals surface area contributed by atoms with E-state index in [0.29, 0.717) is 11.1 Å². The van der Waals surface area contributed by atoms with Crippen LogP contribution in [0.1, 0.15) is 53.5 Å². The zero-order chi connectivity index (χ0) is 12.3. The summed E-state index contributed by atoms with van der Waals surface area (Å²) in [5.74, 6) is -0.0103. The van der Waals surface area contributed by atoms with Gasteiger partial charge in [-0.1, -0.05) is 31.5 Å². The number of hydrogen-bond acceptors (Lipinski definition) is 2. The second kappa shape index (κ2) is 5.06. The molecule has 0 N–H and O–H groups in total. The highest BCUT2D eigenvalue weighted by Crippen LogP contribution is 2.18. The van der Waals surface area contributed by atoms with Crippen molar-refractivity contribution in [1.82, 2.24) is 0 Å². The standard InChI is InChI=1S/C14H18O2/c1-5-10(3)14(16)12-7-6-9(2)8-13(12)11(4)15/h6-8,10H,5H2,1-4H3/t10-/m1/s1. The summed E-state index contributed by atoms with van der Waals surface area (Å²) >= 11 is 0. The zero-order valence-corrected chi connectivity index (χ0v) is 10.3. The summed E-state index contributed by atoms with van der Waals surface area (Å²) in [5, 5.41) is 0. The number of carbonyl (C=O) groups excluding carboxylic acids is 2. The van der Waals surface area contributed by atoms with Crippen molar-refractivity contribution in [2.45, 2.75) is 34.1 Å². The maximum Gasteiger partial charge on any atom is 0.166 e. The molecule has 0 radical (unpaired) electrons. The molecule has 86 valence electrons. The van der Waals surface area contributed by atoms with Crippen LogP contribution in [0.15, 0.2) is 18.2 Å². The van der Waals surface area contributed by atoms with E-state index in [1.54, 1.807) is 12.1 Å². The van der Waals surface area contributed by atoms with Gasteiger partial charge in [0.25, 0.3) is 0 Å². The van der Waals surface area contributed by atoms with Gasteiger partial charge in [-0.25, -0.2) is 0 Å². The molecule has 0 fully saturated rings. The maximum atomic E-state index is 12.1. The fourth-order valence-electron chi connectivity index (χ4n) is 1.62. The van der Waals surface area contributed by atoms with Crippen molar-refractivity contribution in [2.24, 2.45) is 5.92 Å². The minimum atomic E-state index is -0.0460. The van der Waals surface area contributed by atoms with Crippen molar-refractivity contribution in [1.29, 1.82) is 0 Å². The summed E-state index contributed by atoms with van der Waals surface area (Å²) < 4.78 is 0. The molecule has 0 spiro atoms. The van der Waals surface area contributed by atoms with Gasteiger partial charge in [0.15, 0.2) is 11.6 Å². The quantitative estimate of drug-likeness (QED) is 0.725. The van der Waals surface area contributed by atoms with Gasteiger partial charge in [-0.05, 0) is 26.3 Å². The lowest BCUT2D eigenvalue weighted by Crippen LogP contribution is -2.14. The third-order valence-electron chi connectivity index (χ3n) is 2.88. The molecule has 0 aliphatic rings. The summed E-state index contributed by atoms with van der Waals surface area (Å²) in [6, 6.07) is 5.43. The van der Waals surface area contributed by atoms with Crippen LogP contribution in [0.2, 0.25) is 0 Å². The monoisotopic (exact) mass is 218 g/mol. The number of carbonyl (C=O) groups is 2. The first-order valence-electron chi connectivity index (χ1n) is 5.63.